The monoisotopic (exact) mass is 326 g/mol. The highest BCUT2D eigenvalue weighted by atomic mass is 35.5. The van der Waals surface area contributed by atoms with E-state index in [1.807, 2.05) is 0 Å². The fraction of sp³-hybridized carbons (Fsp3) is 0.182. The molecule has 0 saturated heterocycles. The van der Waals surface area contributed by atoms with Crippen LogP contribution in [0.3, 0.4) is 0 Å². The van der Waals surface area contributed by atoms with Crippen LogP contribution in [0.4, 0.5) is 13.2 Å². The summed E-state index contributed by atoms with van der Waals surface area (Å²) in [6.45, 7) is -3.09. The molecule has 1 N–H and O–H groups in total. The van der Waals surface area contributed by atoms with E-state index in [2.05, 4.69) is 14.9 Å². The maximum atomic E-state index is 13.9. The van der Waals surface area contributed by atoms with E-state index in [1.165, 1.54) is 13.2 Å². The van der Waals surface area contributed by atoms with Crippen LogP contribution >= 0.6 is 23.2 Å². The minimum atomic E-state index is -3.09. The van der Waals surface area contributed by atoms with Crippen molar-refractivity contribution in [1.82, 2.24) is 10.2 Å². The van der Waals surface area contributed by atoms with E-state index in [-0.39, 0.29) is 27.1 Å². The zero-order valence-corrected chi connectivity index (χ0v) is 11.4. The van der Waals surface area contributed by atoms with Gasteiger partial charge in [0.2, 0.25) is 0 Å². The number of hydrogen-bond acceptors (Lipinski definition) is 3. The predicted octanol–water partition coefficient (Wildman–Crippen LogP) is 4.13. The summed E-state index contributed by atoms with van der Waals surface area (Å²) in [5.74, 6) is -1.04. The third-order valence-electron chi connectivity index (χ3n) is 2.39. The summed E-state index contributed by atoms with van der Waals surface area (Å²) in [5, 5.41) is 5.57. The SMILES string of the molecule is COc1cc(-c2[nH]nc(OC(F)F)c2Cl)c(F)cc1Cl. The van der Waals surface area contributed by atoms with Crippen molar-refractivity contribution in [2.75, 3.05) is 7.11 Å². The van der Waals surface area contributed by atoms with Gasteiger partial charge >= 0.3 is 6.61 Å². The van der Waals surface area contributed by atoms with Gasteiger partial charge in [0.25, 0.3) is 5.88 Å². The first-order chi connectivity index (χ1) is 9.43. The van der Waals surface area contributed by atoms with E-state index >= 15 is 0 Å². The first-order valence-electron chi connectivity index (χ1n) is 5.16. The smallest absolute Gasteiger partial charge is 0.388 e. The highest BCUT2D eigenvalue weighted by Gasteiger charge is 2.21. The number of nitrogens with zero attached hydrogens (tertiary/aromatic N) is 1. The highest BCUT2D eigenvalue weighted by molar-refractivity contribution is 6.34. The van der Waals surface area contributed by atoms with Crippen molar-refractivity contribution >= 4 is 23.2 Å². The van der Waals surface area contributed by atoms with Crippen LogP contribution in [0.25, 0.3) is 11.3 Å². The topological polar surface area (TPSA) is 47.1 Å². The van der Waals surface area contributed by atoms with Crippen molar-refractivity contribution in [1.29, 1.82) is 0 Å². The number of H-pyrrole nitrogens is 1. The summed E-state index contributed by atoms with van der Waals surface area (Å²) < 4.78 is 47.1. The molecule has 1 aromatic heterocycles. The van der Waals surface area contributed by atoms with Gasteiger partial charge in [-0.3, -0.25) is 5.10 Å². The summed E-state index contributed by atoms with van der Waals surface area (Å²) >= 11 is 11.6. The summed E-state index contributed by atoms with van der Waals surface area (Å²) in [7, 11) is 1.35. The second-order valence-electron chi connectivity index (χ2n) is 3.56. The molecule has 0 spiro atoms. The Bertz CT molecular complexity index is 634. The molecule has 2 rings (SSSR count). The van der Waals surface area contributed by atoms with E-state index in [1.54, 1.807) is 0 Å². The molecule has 2 aromatic rings. The molecule has 1 heterocycles. The number of nitrogens with one attached hydrogen (secondary N) is 1. The maximum Gasteiger partial charge on any atom is 0.388 e. The molecule has 0 fully saturated rings. The zero-order chi connectivity index (χ0) is 14.9. The Kier molecular flexibility index (Phi) is 4.29. The van der Waals surface area contributed by atoms with E-state index in [0.717, 1.165) is 6.07 Å². The van der Waals surface area contributed by atoms with Gasteiger partial charge in [0.15, 0.2) is 0 Å². The molecule has 0 amide bonds. The normalized spacial score (nSPS) is 10.9. The summed E-state index contributed by atoms with van der Waals surface area (Å²) in [5.41, 5.74) is -0.0531. The van der Waals surface area contributed by atoms with Gasteiger partial charge in [0.05, 0.1) is 17.8 Å². The van der Waals surface area contributed by atoms with Gasteiger partial charge in [-0.1, -0.05) is 23.2 Å². The molecule has 0 unspecified atom stereocenters. The molecule has 1 aromatic carbocycles. The van der Waals surface area contributed by atoms with Gasteiger partial charge < -0.3 is 9.47 Å². The summed E-state index contributed by atoms with van der Waals surface area (Å²) in [6, 6.07) is 2.28. The van der Waals surface area contributed by atoms with Gasteiger partial charge in [0.1, 0.15) is 16.6 Å². The quantitative estimate of drug-likeness (QED) is 0.918. The van der Waals surface area contributed by atoms with Crippen molar-refractivity contribution in [2.24, 2.45) is 0 Å². The van der Waals surface area contributed by atoms with E-state index < -0.39 is 18.3 Å². The largest absolute Gasteiger partial charge is 0.495 e. The molecule has 0 aliphatic rings. The van der Waals surface area contributed by atoms with Crippen LogP contribution in [0.15, 0.2) is 12.1 Å². The number of aromatic amines is 1. The molecule has 0 atom stereocenters. The van der Waals surface area contributed by atoms with E-state index in [4.69, 9.17) is 27.9 Å². The molecule has 0 aliphatic heterocycles. The average Bonchev–Trinajstić information content (AvgIpc) is 2.71. The number of aromatic nitrogens is 2. The van der Waals surface area contributed by atoms with Gasteiger partial charge in [-0.25, -0.2) is 4.39 Å². The fourth-order valence-electron chi connectivity index (χ4n) is 1.53. The van der Waals surface area contributed by atoms with Gasteiger partial charge in [-0.05, 0) is 12.1 Å². The average molecular weight is 327 g/mol. The minimum Gasteiger partial charge on any atom is -0.495 e. The van der Waals surface area contributed by atoms with Gasteiger partial charge in [-0.15, -0.1) is 5.10 Å². The van der Waals surface area contributed by atoms with Crippen LogP contribution in [0.1, 0.15) is 0 Å². The van der Waals surface area contributed by atoms with E-state index in [9.17, 15) is 13.2 Å². The Hall–Kier alpha value is -1.60. The Labute approximate surface area is 121 Å². The van der Waals surface area contributed by atoms with Crippen molar-refractivity contribution in [3.8, 4) is 22.9 Å². The van der Waals surface area contributed by atoms with Crippen molar-refractivity contribution in [3.05, 3.63) is 28.0 Å². The number of alkyl halides is 2. The Balaban J connectivity index is 2.49. The molecule has 0 bridgehead atoms. The lowest BCUT2D eigenvalue weighted by molar-refractivity contribution is -0.0528. The lowest BCUT2D eigenvalue weighted by Gasteiger charge is -2.07. The molecule has 20 heavy (non-hydrogen) atoms. The van der Waals surface area contributed by atoms with Crippen molar-refractivity contribution < 1.29 is 22.6 Å². The van der Waals surface area contributed by atoms with Crippen LogP contribution in [-0.4, -0.2) is 23.9 Å². The number of hydrogen-bond donors (Lipinski definition) is 1. The highest BCUT2D eigenvalue weighted by Crippen LogP contribution is 2.38. The minimum absolute atomic E-state index is 0.0187. The second kappa shape index (κ2) is 5.80. The van der Waals surface area contributed by atoms with Crippen LogP contribution in [0, 0.1) is 5.82 Å². The fourth-order valence-corrected chi connectivity index (χ4v) is 1.99. The number of rotatable bonds is 4. The molecule has 9 heteroatoms. The number of benzene rings is 1. The predicted molar refractivity (Wildman–Crippen MR) is 67.2 cm³/mol. The molecular weight excluding hydrogens is 320 g/mol. The van der Waals surface area contributed by atoms with Crippen molar-refractivity contribution in [2.45, 2.75) is 6.61 Å². The van der Waals surface area contributed by atoms with Crippen LogP contribution in [0.5, 0.6) is 11.6 Å². The van der Waals surface area contributed by atoms with Crippen LogP contribution in [-0.2, 0) is 0 Å². The third-order valence-corrected chi connectivity index (χ3v) is 3.03. The van der Waals surface area contributed by atoms with Crippen LogP contribution < -0.4 is 9.47 Å². The molecule has 4 nitrogen and oxygen atoms in total. The molecule has 0 saturated carbocycles. The van der Waals surface area contributed by atoms with Gasteiger partial charge in [0, 0.05) is 5.56 Å². The zero-order valence-electron chi connectivity index (χ0n) is 9.89. The van der Waals surface area contributed by atoms with Gasteiger partial charge in [-0.2, -0.15) is 8.78 Å². The summed E-state index contributed by atoms with van der Waals surface area (Å²) in [4.78, 5) is 0. The Morgan fingerprint density at radius 2 is 2.00 bits per heavy atom. The molecule has 0 radical (unpaired) electrons. The summed E-state index contributed by atoms with van der Waals surface area (Å²) in [6.07, 6.45) is 0. The Morgan fingerprint density at radius 3 is 2.60 bits per heavy atom. The number of ether oxygens (including phenoxy) is 2. The molecule has 0 aliphatic carbocycles. The van der Waals surface area contributed by atoms with Crippen molar-refractivity contribution in [3.63, 3.8) is 0 Å². The molecule has 108 valence electrons. The van der Waals surface area contributed by atoms with E-state index in [0.29, 0.717) is 0 Å². The second-order valence-corrected chi connectivity index (χ2v) is 4.35. The van der Waals surface area contributed by atoms with Crippen LogP contribution in [0.2, 0.25) is 10.0 Å². The standard InChI is InChI=1S/C11H7Cl2F3N2O2/c1-19-7-2-4(6(14)3-5(7)12)9-8(13)10(18-17-9)20-11(15)16/h2-3,11H,1H3,(H,17,18). The third kappa shape index (κ3) is 2.78. The lowest BCUT2D eigenvalue weighted by atomic mass is 10.1. The maximum absolute atomic E-state index is 13.9. The Morgan fingerprint density at radius 1 is 1.30 bits per heavy atom. The first kappa shape index (κ1) is 14.8. The first-order valence-corrected chi connectivity index (χ1v) is 5.91. The molecular formula is C11H7Cl2F3N2O2. The number of methoxy groups -OCH3 is 1. The number of halogens is 5. The lowest BCUT2D eigenvalue weighted by Crippen LogP contribution is -2.02.